The van der Waals surface area contributed by atoms with Gasteiger partial charge in [0.15, 0.2) is 0 Å². The van der Waals surface area contributed by atoms with E-state index in [9.17, 15) is 9.59 Å². The largest absolute Gasteiger partial charge is 0.490 e. The van der Waals surface area contributed by atoms with Crippen molar-refractivity contribution >= 4 is 17.5 Å². The van der Waals surface area contributed by atoms with Crippen molar-refractivity contribution in [1.29, 1.82) is 0 Å². The lowest BCUT2D eigenvalue weighted by molar-refractivity contribution is 0.0792. The zero-order chi connectivity index (χ0) is 22.2. The van der Waals surface area contributed by atoms with Crippen molar-refractivity contribution < 1.29 is 19.1 Å². The number of carbonyl (C=O) groups excluding carboxylic acids is 2. The van der Waals surface area contributed by atoms with Gasteiger partial charge in [-0.1, -0.05) is 24.3 Å². The number of hydrogen-bond acceptors (Lipinski definition) is 4. The summed E-state index contributed by atoms with van der Waals surface area (Å²) < 4.78 is 11.3. The number of benzene rings is 3. The molecule has 0 saturated carbocycles. The number of nitrogens with one attached hydrogen (secondary N) is 1. The first-order valence-electron chi connectivity index (χ1n) is 10.8. The van der Waals surface area contributed by atoms with E-state index in [0.29, 0.717) is 35.8 Å². The Bertz CT molecular complexity index is 1040. The SMILES string of the molecule is O=C(Nc1ccc(C(=O)N2CCCC2)cc1)c1cccc(OCCOc2ccccc2)c1. The summed E-state index contributed by atoms with van der Waals surface area (Å²) in [5.74, 6) is 1.19. The van der Waals surface area contributed by atoms with Gasteiger partial charge >= 0.3 is 0 Å². The fourth-order valence-corrected chi connectivity index (χ4v) is 3.57. The van der Waals surface area contributed by atoms with Crippen LogP contribution in [0.5, 0.6) is 11.5 Å². The second kappa shape index (κ2) is 10.5. The summed E-state index contributed by atoms with van der Waals surface area (Å²) in [5.41, 5.74) is 1.76. The molecule has 6 nitrogen and oxygen atoms in total. The molecule has 4 rings (SSSR count). The van der Waals surface area contributed by atoms with Crippen molar-refractivity contribution in [1.82, 2.24) is 4.90 Å². The summed E-state index contributed by atoms with van der Waals surface area (Å²) in [5, 5.41) is 2.87. The van der Waals surface area contributed by atoms with E-state index in [1.807, 2.05) is 35.2 Å². The van der Waals surface area contributed by atoms with Crippen molar-refractivity contribution in [2.45, 2.75) is 12.8 Å². The second-order valence-electron chi connectivity index (χ2n) is 7.57. The molecule has 0 radical (unpaired) electrons. The molecule has 1 aliphatic heterocycles. The van der Waals surface area contributed by atoms with Gasteiger partial charge in [0.05, 0.1) is 0 Å². The highest BCUT2D eigenvalue weighted by molar-refractivity contribution is 6.04. The quantitative estimate of drug-likeness (QED) is 0.529. The fraction of sp³-hybridized carbons (Fsp3) is 0.231. The highest BCUT2D eigenvalue weighted by atomic mass is 16.5. The van der Waals surface area contributed by atoms with Crippen molar-refractivity contribution in [2.24, 2.45) is 0 Å². The van der Waals surface area contributed by atoms with E-state index < -0.39 is 0 Å². The van der Waals surface area contributed by atoms with Gasteiger partial charge in [0.2, 0.25) is 0 Å². The monoisotopic (exact) mass is 430 g/mol. The number of amides is 2. The summed E-state index contributed by atoms with van der Waals surface area (Å²) in [4.78, 5) is 27.0. The molecular weight excluding hydrogens is 404 g/mol. The number of rotatable bonds is 8. The van der Waals surface area contributed by atoms with Crippen LogP contribution >= 0.6 is 0 Å². The number of anilines is 1. The molecule has 6 heteroatoms. The number of ether oxygens (including phenoxy) is 2. The molecule has 1 aliphatic rings. The van der Waals surface area contributed by atoms with Crippen LogP contribution in [-0.4, -0.2) is 43.0 Å². The summed E-state index contributed by atoms with van der Waals surface area (Å²) in [6.45, 7) is 2.40. The number of carbonyl (C=O) groups is 2. The van der Waals surface area contributed by atoms with Crippen molar-refractivity contribution in [3.05, 3.63) is 90.0 Å². The van der Waals surface area contributed by atoms with E-state index in [4.69, 9.17) is 9.47 Å². The van der Waals surface area contributed by atoms with Crippen molar-refractivity contribution in [2.75, 3.05) is 31.6 Å². The van der Waals surface area contributed by atoms with E-state index in [1.54, 1.807) is 48.5 Å². The lowest BCUT2D eigenvalue weighted by Gasteiger charge is -2.15. The lowest BCUT2D eigenvalue weighted by Crippen LogP contribution is -2.27. The Morgan fingerprint density at radius 3 is 2.12 bits per heavy atom. The Kier molecular flexibility index (Phi) is 7.02. The zero-order valence-corrected chi connectivity index (χ0v) is 17.8. The van der Waals surface area contributed by atoms with E-state index in [2.05, 4.69) is 5.32 Å². The maximum absolute atomic E-state index is 12.6. The van der Waals surface area contributed by atoms with Crippen LogP contribution in [0.3, 0.4) is 0 Å². The summed E-state index contributed by atoms with van der Waals surface area (Å²) in [6.07, 6.45) is 2.12. The van der Waals surface area contributed by atoms with Crippen LogP contribution in [0, 0.1) is 0 Å². The van der Waals surface area contributed by atoms with Gasteiger partial charge in [-0.2, -0.15) is 0 Å². The fourth-order valence-electron chi connectivity index (χ4n) is 3.57. The van der Waals surface area contributed by atoms with Crippen LogP contribution in [0.25, 0.3) is 0 Å². The Balaban J connectivity index is 1.29. The van der Waals surface area contributed by atoms with E-state index >= 15 is 0 Å². The summed E-state index contributed by atoms with van der Waals surface area (Å²) in [6, 6.07) is 23.6. The average Bonchev–Trinajstić information content (AvgIpc) is 3.38. The van der Waals surface area contributed by atoms with Gasteiger partial charge in [-0.15, -0.1) is 0 Å². The standard InChI is InChI=1S/C26H26N2O4/c29-25(27-22-13-11-20(12-14-22)26(30)28-15-4-5-16-28)21-7-6-10-24(19-21)32-18-17-31-23-8-2-1-3-9-23/h1-3,6-14,19H,4-5,15-18H2,(H,27,29). The molecule has 0 aromatic heterocycles. The second-order valence-corrected chi connectivity index (χ2v) is 7.57. The van der Waals surface area contributed by atoms with Crippen molar-refractivity contribution in [3.8, 4) is 11.5 Å². The van der Waals surface area contributed by atoms with Gasteiger partial charge in [-0.25, -0.2) is 0 Å². The first kappa shape index (κ1) is 21.4. The smallest absolute Gasteiger partial charge is 0.255 e. The highest BCUT2D eigenvalue weighted by Crippen LogP contribution is 2.18. The third-order valence-corrected chi connectivity index (χ3v) is 5.24. The van der Waals surface area contributed by atoms with Gasteiger partial charge < -0.3 is 19.7 Å². The number of nitrogens with zero attached hydrogens (tertiary/aromatic N) is 1. The molecule has 1 heterocycles. The van der Waals surface area contributed by atoms with Crippen LogP contribution in [0.4, 0.5) is 5.69 Å². The number of para-hydroxylation sites is 1. The van der Waals surface area contributed by atoms with Crippen LogP contribution < -0.4 is 14.8 Å². The third-order valence-electron chi connectivity index (χ3n) is 5.24. The van der Waals surface area contributed by atoms with Crippen LogP contribution in [-0.2, 0) is 0 Å². The highest BCUT2D eigenvalue weighted by Gasteiger charge is 2.19. The normalized spacial score (nSPS) is 12.9. The Hall–Kier alpha value is -3.80. The summed E-state index contributed by atoms with van der Waals surface area (Å²) in [7, 11) is 0. The molecule has 3 aromatic carbocycles. The minimum absolute atomic E-state index is 0.0430. The number of likely N-dealkylation sites (tertiary alicyclic amines) is 1. The Labute approximate surface area is 187 Å². The third kappa shape index (κ3) is 5.66. The lowest BCUT2D eigenvalue weighted by atomic mass is 10.1. The van der Waals surface area contributed by atoms with Gasteiger partial charge in [0.1, 0.15) is 24.7 Å². The van der Waals surface area contributed by atoms with Crippen molar-refractivity contribution in [3.63, 3.8) is 0 Å². The Morgan fingerprint density at radius 2 is 1.41 bits per heavy atom. The molecule has 0 unspecified atom stereocenters. The van der Waals surface area contributed by atoms with Gasteiger partial charge in [0, 0.05) is 29.9 Å². The number of hydrogen-bond donors (Lipinski definition) is 1. The minimum atomic E-state index is -0.241. The van der Waals surface area contributed by atoms with Gasteiger partial charge in [0.25, 0.3) is 11.8 Å². The average molecular weight is 431 g/mol. The Morgan fingerprint density at radius 1 is 0.750 bits per heavy atom. The molecule has 2 amide bonds. The molecule has 0 bridgehead atoms. The van der Waals surface area contributed by atoms with Gasteiger partial charge in [-0.3, -0.25) is 9.59 Å². The molecule has 3 aromatic rings. The molecule has 0 aliphatic carbocycles. The zero-order valence-electron chi connectivity index (χ0n) is 17.8. The van der Waals surface area contributed by atoms with Gasteiger partial charge in [-0.05, 0) is 67.4 Å². The first-order valence-corrected chi connectivity index (χ1v) is 10.8. The molecule has 164 valence electrons. The molecule has 32 heavy (non-hydrogen) atoms. The predicted molar refractivity (Wildman–Crippen MR) is 123 cm³/mol. The molecule has 0 atom stereocenters. The maximum Gasteiger partial charge on any atom is 0.255 e. The van der Waals surface area contributed by atoms with Crippen LogP contribution in [0.2, 0.25) is 0 Å². The van der Waals surface area contributed by atoms with Crippen LogP contribution in [0.15, 0.2) is 78.9 Å². The maximum atomic E-state index is 12.6. The molecule has 0 spiro atoms. The predicted octanol–water partition coefficient (Wildman–Crippen LogP) is 4.63. The molecule has 1 saturated heterocycles. The van der Waals surface area contributed by atoms with E-state index in [1.165, 1.54) is 0 Å². The van der Waals surface area contributed by atoms with E-state index in [0.717, 1.165) is 31.7 Å². The minimum Gasteiger partial charge on any atom is -0.490 e. The van der Waals surface area contributed by atoms with E-state index in [-0.39, 0.29) is 11.8 Å². The summed E-state index contributed by atoms with van der Waals surface area (Å²) >= 11 is 0. The molecule has 1 N–H and O–H groups in total. The molecule has 1 fully saturated rings. The first-order chi connectivity index (χ1) is 15.7. The molecular formula is C26H26N2O4. The van der Waals surface area contributed by atoms with Crippen LogP contribution in [0.1, 0.15) is 33.6 Å². The topological polar surface area (TPSA) is 67.9 Å².